The smallest absolute Gasteiger partial charge is 0.217 e. The third-order valence-corrected chi connectivity index (χ3v) is 5.06. The van der Waals surface area contributed by atoms with Gasteiger partial charge in [-0.05, 0) is 5.56 Å². The van der Waals surface area contributed by atoms with Crippen LogP contribution in [0.15, 0.2) is 60.7 Å². The average molecular weight is 399 g/mol. The second-order valence-corrected chi connectivity index (χ2v) is 7.23. The fraction of sp³-hybridized carbons (Fsp3) is 0.409. The van der Waals surface area contributed by atoms with E-state index in [1.165, 1.54) is 6.92 Å². The highest BCUT2D eigenvalue weighted by atomic mass is 16.7. The van der Waals surface area contributed by atoms with Crippen LogP contribution < -0.4 is 5.32 Å². The lowest BCUT2D eigenvalue weighted by molar-refractivity contribution is -0.345. The number of hydrogen-bond donors (Lipinski definition) is 2. The molecule has 2 heterocycles. The highest BCUT2D eigenvalue weighted by Crippen LogP contribution is 2.34. The summed E-state index contributed by atoms with van der Waals surface area (Å²) in [5.74, 6) is -0.281. The van der Waals surface area contributed by atoms with E-state index in [2.05, 4.69) is 5.32 Å². The number of carbonyl (C=O) groups is 1. The standard InChI is InChI=1S/C22H25NO6/c1-14(24)23-18-19(25)20-17(13-27-21(29-20)16-10-6-3-7-11-16)28-22(18)26-12-15-8-4-2-5-9-15/h2-11,17-22,25H,12-13H2,1H3,(H,23,24)/t17-,18+,19+,20+,21?,22-/m1/s1. The van der Waals surface area contributed by atoms with Gasteiger partial charge < -0.3 is 29.4 Å². The second kappa shape index (κ2) is 9.02. The van der Waals surface area contributed by atoms with Crippen molar-refractivity contribution in [2.75, 3.05) is 6.61 Å². The summed E-state index contributed by atoms with van der Waals surface area (Å²) >= 11 is 0. The van der Waals surface area contributed by atoms with Crippen LogP contribution in [0.5, 0.6) is 0 Å². The van der Waals surface area contributed by atoms with Crippen molar-refractivity contribution in [1.82, 2.24) is 5.32 Å². The molecule has 2 aliphatic heterocycles. The van der Waals surface area contributed by atoms with Gasteiger partial charge in [0.15, 0.2) is 12.6 Å². The molecular weight excluding hydrogens is 374 g/mol. The van der Waals surface area contributed by atoms with Crippen molar-refractivity contribution < 1.29 is 28.8 Å². The molecule has 0 spiro atoms. The zero-order valence-electron chi connectivity index (χ0n) is 16.1. The van der Waals surface area contributed by atoms with Gasteiger partial charge >= 0.3 is 0 Å². The number of hydrogen-bond acceptors (Lipinski definition) is 6. The maximum atomic E-state index is 11.7. The van der Waals surface area contributed by atoms with Gasteiger partial charge in [-0.15, -0.1) is 0 Å². The number of amides is 1. The van der Waals surface area contributed by atoms with Crippen LogP contribution in [0, 0.1) is 0 Å². The Morgan fingerprint density at radius 3 is 2.48 bits per heavy atom. The van der Waals surface area contributed by atoms with Crippen LogP contribution in [-0.4, -0.2) is 48.3 Å². The maximum Gasteiger partial charge on any atom is 0.217 e. The minimum atomic E-state index is -1.01. The van der Waals surface area contributed by atoms with Crippen LogP contribution >= 0.6 is 0 Å². The van der Waals surface area contributed by atoms with E-state index >= 15 is 0 Å². The molecule has 2 aromatic rings. The van der Waals surface area contributed by atoms with Gasteiger partial charge in [0.2, 0.25) is 5.91 Å². The normalized spacial score (nSPS) is 31.7. The fourth-order valence-electron chi connectivity index (χ4n) is 3.65. The van der Waals surface area contributed by atoms with E-state index in [-0.39, 0.29) is 12.5 Å². The molecular formula is C22H25NO6. The summed E-state index contributed by atoms with van der Waals surface area (Å²) in [6.45, 7) is 1.93. The summed E-state index contributed by atoms with van der Waals surface area (Å²) in [6.07, 6.45) is -3.59. The van der Waals surface area contributed by atoms with E-state index in [9.17, 15) is 9.90 Å². The van der Waals surface area contributed by atoms with Crippen molar-refractivity contribution in [3.05, 3.63) is 71.8 Å². The Balaban J connectivity index is 1.48. The van der Waals surface area contributed by atoms with Crippen LogP contribution in [0.1, 0.15) is 24.3 Å². The molecule has 0 aromatic heterocycles. The molecule has 1 unspecified atom stereocenters. The predicted octanol–water partition coefficient (Wildman–Crippen LogP) is 1.91. The largest absolute Gasteiger partial charge is 0.388 e. The molecule has 4 rings (SSSR count). The maximum absolute atomic E-state index is 11.7. The third kappa shape index (κ3) is 4.66. The first-order valence-electron chi connectivity index (χ1n) is 9.70. The molecule has 1 amide bonds. The highest BCUT2D eigenvalue weighted by Gasteiger charge is 2.50. The fourth-order valence-corrected chi connectivity index (χ4v) is 3.65. The molecule has 0 bridgehead atoms. The summed E-state index contributed by atoms with van der Waals surface area (Å²) in [4.78, 5) is 11.7. The minimum Gasteiger partial charge on any atom is -0.388 e. The molecule has 0 saturated carbocycles. The molecule has 29 heavy (non-hydrogen) atoms. The number of nitrogens with one attached hydrogen (secondary N) is 1. The van der Waals surface area contributed by atoms with Gasteiger partial charge in [-0.2, -0.15) is 0 Å². The average Bonchev–Trinajstić information content (AvgIpc) is 2.75. The van der Waals surface area contributed by atoms with E-state index in [0.29, 0.717) is 6.61 Å². The SMILES string of the molecule is CC(=O)N[C@@H]1[C@H](OCc2ccccc2)O[C@@H]2COC(c3ccccc3)O[C@@H]2[C@H]1O. The molecule has 7 nitrogen and oxygen atoms in total. The van der Waals surface area contributed by atoms with Crippen LogP contribution in [0.4, 0.5) is 0 Å². The minimum absolute atomic E-state index is 0.249. The van der Waals surface area contributed by atoms with Crippen LogP contribution in [0.3, 0.4) is 0 Å². The molecule has 2 fully saturated rings. The number of benzene rings is 2. The Morgan fingerprint density at radius 2 is 1.79 bits per heavy atom. The molecule has 2 aliphatic rings. The lowest BCUT2D eigenvalue weighted by Crippen LogP contribution is -2.66. The Hall–Kier alpha value is -2.29. The van der Waals surface area contributed by atoms with Gasteiger partial charge in [-0.3, -0.25) is 4.79 Å². The second-order valence-electron chi connectivity index (χ2n) is 7.23. The van der Waals surface area contributed by atoms with E-state index in [1.54, 1.807) is 0 Å². The van der Waals surface area contributed by atoms with Crippen LogP contribution in [0.25, 0.3) is 0 Å². The van der Waals surface area contributed by atoms with E-state index in [4.69, 9.17) is 18.9 Å². The number of rotatable bonds is 5. The van der Waals surface area contributed by atoms with Gasteiger partial charge in [-0.1, -0.05) is 60.7 Å². The lowest BCUT2D eigenvalue weighted by atomic mass is 9.95. The van der Waals surface area contributed by atoms with Gasteiger partial charge in [-0.25, -0.2) is 0 Å². The summed E-state index contributed by atoms with van der Waals surface area (Å²) < 4.78 is 23.8. The Morgan fingerprint density at radius 1 is 1.10 bits per heavy atom. The molecule has 0 aliphatic carbocycles. The number of fused-ring (bicyclic) bond motifs is 1. The summed E-state index contributed by atoms with van der Waals surface area (Å²) in [6, 6.07) is 18.4. The Bertz CT molecular complexity index is 801. The van der Waals surface area contributed by atoms with Crippen LogP contribution in [-0.2, 0) is 30.3 Å². The van der Waals surface area contributed by atoms with Gasteiger partial charge in [0.05, 0.1) is 13.2 Å². The molecule has 2 aromatic carbocycles. The first-order chi connectivity index (χ1) is 14.1. The first-order valence-corrected chi connectivity index (χ1v) is 9.70. The zero-order valence-corrected chi connectivity index (χ0v) is 16.1. The van der Waals surface area contributed by atoms with Crippen molar-refractivity contribution in [3.8, 4) is 0 Å². The Labute approximate surface area is 169 Å². The van der Waals surface area contributed by atoms with Gasteiger partial charge in [0, 0.05) is 12.5 Å². The Kier molecular flexibility index (Phi) is 6.22. The number of aliphatic hydroxyl groups is 1. The van der Waals surface area contributed by atoms with E-state index < -0.39 is 36.9 Å². The van der Waals surface area contributed by atoms with Gasteiger partial charge in [0.1, 0.15) is 24.4 Å². The van der Waals surface area contributed by atoms with Crippen molar-refractivity contribution in [1.29, 1.82) is 0 Å². The van der Waals surface area contributed by atoms with Crippen molar-refractivity contribution in [2.45, 2.75) is 50.5 Å². The first kappa shape index (κ1) is 20.0. The predicted molar refractivity (Wildman–Crippen MR) is 104 cm³/mol. The monoisotopic (exact) mass is 399 g/mol. The number of ether oxygens (including phenoxy) is 4. The number of aliphatic hydroxyl groups excluding tert-OH is 1. The lowest BCUT2D eigenvalue weighted by Gasteiger charge is -2.47. The molecule has 6 atom stereocenters. The van der Waals surface area contributed by atoms with E-state index in [0.717, 1.165) is 11.1 Å². The van der Waals surface area contributed by atoms with Crippen molar-refractivity contribution in [3.63, 3.8) is 0 Å². The highest BCUT2D eigenvalue weighted by molar-refractivity contribution is 5.73. The topological polar surface area (TPSA) is 86.3 Å². The summed E-state index contributed by atoms with van der Waals surface area (Å²) in [7, 11) is 0. The summed E-state index contributed by atoms with van der Waals surface area (Å²) in [5.41, 5.74) is 1.83. The quantitative estimate of drug-likeness (QED) is 0.799. The molecule has 0 radical (unpaired) electrons. The summed E-state index contributed by atoms with van der Waals surface area (Å²) in [5, 5.41) is 13.7. The van der Waals surface area contributed by atoms with E-state index in [1.807, 2.05) is 60.7 Å². The van der Waals surface area contributed by atoms with Crippen molar-refractivity contribution in [2.24, 2.45) is 0 Å². The number of carbonyl (C=O) groups excluding carboxylic acids is 1. The van der Waals surface area contributed by atoms with Crippen LogP contribution in [0.2, 0.25) is 0 Å². The molecule has 154 valence electrons. The zero-order chi connectivity index (χ0) is 20.2. The van der Waals surface area contributed by atoms with Gasteiger partial charge in [0.25, 0.3) is 0 Å². The molecule has 7 heteroatoms. The molecule has 2 N–H and O–H groups in total. The van der Waals surface area contributed by atoms with Crippen molar-refractivity contribution >= 4 is 5.91 Å². The third-order valence-electron chi connectivity index (χ3n) is 5.06. The molecule has 2 saturated heterocycles.